The van der Waals surface area contributed by atoms with Crippen LogP contribution in [0.4, 0.5) is 5.69 Å². The summed E-state index contributed by atoms with van der Waals surface area (Å²) < 4.78 is 27.8. The number of benzene rings is 2. The molecule has 7 nitrogen and oxygen atoms in total. The highest BCUT2D eigenvalue weighted by molar-refractivity contribution is 7.92. The van der Waals surface area contributed by atoms with Gasteiger partial charge in [0.1, 0.15) is 0 Å². The van der Waals surface area contributed by atoms with Gasteiger partial charge in [0.2, 0.25) is 11.8 Å². The van der Waals surface area contributed by atoms with Gasteiger partial charge in [0.25, 0.3) is 10.0 Å². The first kappa shape index (κ1) is 22.8. The van der Waals surface area contributed by atoms with Crippen molar-refractivity contribution in [1.29, 1.82) is 0 Å². The molecule has 2 aromatic carbocycles. The predicted octanol–water partition coefficient (Wildman–Crippen LogP) is 2.71. The lowest BCUT2D eigenvalue weighted by Gasteiger charge is -2.24. The lowest BCUT2D eigenvalue weighted by molar-refractivity contribution is -0.127. The number of rotatable bonds is 10. The van der Waals surface area contributed by atoms with Gasteiger partial charge in [0.15, 0.2) is 0 Å². The average Bonchev–Trinajstić information content (AvgIpc) is 3.17. The Hall–Kier alpha value is -2.87. The summed E-state index contributed by atoms with van der Waals surface area (Å²) in [6.07, 6.45) is 2.23. The van der Waals surface area contributed by atoms with E-state index in [0.717, 1.165) is 18.5 Å². The van der Waals surface area contributed by atoms with Gasteiger partial charge in [-0.1, -0.05) is 35.9 Å². The smallest absolute Gasteiger partial charge is 0.264 e. The second-order valence-corrected chi connectivity index (χ2v) is 9.53. The zero-order chi connectivity index (χ0) is 22.3. The maximum Gasteiger partial charge on any atom is 0.264 e. The van der Waals surface area contributed by atoms with Crippen molar-refractivity contribution in [3.8, 4) is 0 Å². The highest BCUT2D eigenvalue weighted by atomic mass is 32.2. The maximum atomic E-state index is 13.3. The number of hydrogen-bond donors (Lipinski definition) is 1. The Balaban J connectivity index is 1.59. The van der Waals surface area contributed by atoms with Gasteiger partial charge in [-0.3, -0.25) is 13.9 Å². The highest BCUT2D eigenvalue weighted by Crippen LogP contribution is 2.24. The molecule has 0 aliphatic carbocycles. The number of hydrogen-bond acceptors (Lipinski definition) is 4. The number of nitrogens with one attached hydrogen (secondary N) is 1. The van der Waals surface area contributed by atoms with Crippen LogP contribution in [0.25, 0.3) is 0 Å². The van der Waals surface area contributed by atoms with Crippen molar-refractivity contribution in [2.24, 2.45) is 0 Å². The number of para-hydroxylation sites is 1. The largest absolute Gasteiger partial charge is 0.356 e. The minimum Gasteiger partial charge on any atom is -0.356 e. The van der Waals surface area contributed by atoms with Crippen LogP contribution in [0.15, 0.2) is 59.5 Å². The van der Waals surface area contributed by atoms with Crippen LogP contribution in [0.5, 0.6) is 0 Å². The number of anilines is 1. The monoisotopic (exact) mass is 443 g/mol. The number of aryl methyl sites for hydroxylation is 1. The molecule has 2 aromatic rings. The minimum atomic E-state index is -3.80. The molecule has 31 heavy (non-hydrogen) atoms. The average molecular weight is 444 g/mol. The van der Waals surface area contributed by atoms with E-state index in [-0.39, 0.29) is 29.7 Å². The van der Waals surface area contributed by atoms with Gasteiger partial charge < -0.3 is 10.2 Å². The molecule has 0 bridgehead atoms. The molecule has 1 aliphatic heterocycles. The van der Waals surface area contributed by atoms with E-state index in [1.165, 1.54) is 4.31 Å². The molecule has 0 spiro atoms. The molecule has 1 N–H and O–H groups in total. The first-order chi connectivity index (χ1) is 14.9. The van der Waals surface area contributed by atoms with E-state index in [4.69, 9.17) is 0 Å². The second-order valence-electron chi connectivity index (χ2n) is 7.66. The van der Waals surface area contributed by atoms with Crippen molar-refractivity contribution in [2.45, 2.75) is 37.5 Å². The van der Waals surface area contributed by atoms with Crippen molar-refractivity contribution in [3.05, 3.63) is 60.2 Å². The van der Waals surface area contributed by atoms with Crippen LogP contribution >= 0.6 is 0 Å². The topological polar surface area (TPSA) is 86.8 Å². The fourth-order valence-electron chi connectivity index (χ4n) is 3.55. The van der Waals surface area contributed by atoms with Gasteiger partial charge in [0, 0.05) is 39.0 Å². The van der Waals surface area contributed by atoms with E-state index >= 15 is 0 Å². The molecule has 0 saturated carbocycles. The third kappa shape index (κ3) is 6.07. The highest BCUT2D eigenvalue weighted by Gasteiger charge is 2.25. The summed E-state index contributed by atoms with van der Waals surface area (Å²) in [7, 11) is -3.80. The number of amides is 2. The van der Waals surface area contributed by atoms with Gasteiger partial charge in [-0.05, 0) is 44.0 Å². The quantitative estimate of drug-likeness (QED) is 0.572. The number of carbonyl (C=O) groups excluding carboxylic acids is 2. The molecular formula is C23H29N3O4S. The molecule has 0 aromatic heterocycles. The molecule has 1 fully saturated rings. The van der Waals surface area contributed by atoms with Crippen molar-refractivity contribution in [3.63, 3.8) is 0 Å². The summed E-state index contributed by atoms with van der Waals surface area (Å²) in [5.74, 6) is -0.0427. The Labute approximate surface area is 184 Å². The molecule has 0 atom stereocenters. The van der Waals surface area contributed by atoms with Crippen LogP contribution in [-0.2, 0) is 19.6 Å². The zero-order valence-electron chi connectivity index (χ0n) is 17.8. The third-order valence-electron chi connectivity index (χ3n) is 5.29. The summed E-state index contributed by atoms with van der Waals surface area (Å²) in [4.78, 5) is 26.0. The minimum absolute atomic E-state index is 0.0384. The molecule has 1 aliphatic rings. The Bertz CT molecular complexity index is 991. The van der Waals surface area contributed by atoms with Crippen molar-refractivity contribution >= 4 is 27.5 Å². The fourth-order valence-corrected chi connectivity index (χ4v) is 5.01. The van der Waals surface area contributed by atoms with Crippen LogP contribution in [0.1, 0.15) is 31.2 Å². The normalized spacial score (nSPS) is 14.0. The van der Waals surface area contributed by atoms with E-state index < -0.39 is 10.0 Å². The molecule has 8 heteroatoms. The summed E-state index contributed by atoms with van der Waals surface area (Å²) >= 11 is 0. The van der Waals surface area contributed by atoms with E-state index in [2.05, 4.69) is 5.32 Å². The van der Waals surface area contributed by atoms with Crippen LogP contribution in [0.2, 0.25) is 0 Å². The van der Waals surface area contributed by atoms with E-state index in [9.17, 15) is 18.0 Å². The molecule has 2 amide bonds. The first-order valence-corrected chi connectivity index (χ1v) is 12.0. The first-order valence-electron chi connectivity index (χ1n) is 10.6. The van der Waals surface area contributed by atoms with Crippen molar-refractivity contribution in [2.75, 3.05) is 30.5 Å². The molecule has 166 valence electrons. The lowest BCUT2D eigenvalue weighted by atomic mass is 10.2. The number of likely N-dealkylation sites (tertiary alicyclic amines) is 1. The Morgan fingerprint density at radius 2 is 1.81 bits per heavy atom. The van der Waals surface area contributed by atoms with Gasteiger partial charge >= 0.3 is 0 Å². The number of carbonyl (C=O) groups is 2. The SMILES string of the molecule is Cc1ccc(S(=O)(=O)N(CCC(=O)NCCCN2CCCC2=O)c2ccccc2)cc1. The van der Waals surface area contributed by atoms with Crippen LogP contribution in [0, 0.1) is 6.92 Å². The standard InChI is InChI=1S/C23H29N3O4S/c1-19-10-12-21(13-11-19)31(29,30)26(20-7-3-2-4-8-20)18-14-22(27)24-15-6-17-25-16-5-9-23(25)28/h2-4,7-8,10-13H,5-6,9,14-18H2,1H3,(H,24,27). The van der Waals surface area contributed by atoms with Crippen molar-refractivity contribution in [1.82, 2.24) is 10.2 Å². The van der Waals surface area contributed by atoms with Crippen LogP contribution < -0.4 is 9.62 Å². The molecule has 1 saturated heterocycles. The molecular weight excluding hydrogens is 414 g/mol. The lowest BCUT2D eigenvalue weighted by Crippen LogP contribution is -2.36. The summed E-state index contributed by atoms with van der Waals surface area (Å²) in [5.41, 5.74) is 1.49. The molecule has 0 radical (unpaired) electrons. The second kappa shape index (κ2) is 10.4. The van der Waals surface area contributed by atoms with E-state index in [0.29, 0.717) is 31.6 Å². The summed E-state index contributed by atoms with van der Waals surface area (Å²) in [5, 5.41) is 2.83. The van der Waals surface area contributed by atoms with Gasteiger partial charge in [-0.2, -0.15) is 0 Å². The maximum absolute atomic E-state index is 13.3. The van der Waals surface area contributed by atoms with Gasteiger partial charge in [-0.15, -0.1) is 0 Å². The molecule has 1 heterocycles. The van der Waals surface area contributed by atoms with Crippen molar-refractivity contribution < 1.29 is 18.0 Å². The number of nitrogens with zero attached hydrogens (tertiary/aromatic N) is 2. The Kier molecular flexibility index (Phi) is 7.68. The van der Waals surface area contributed by atoms with E-state index in [1.807, 2.05) is 17.9 Å². The fraction of sp³-hybridized carbons (Fsp3) is 0.391. The van der Waals surface area contributed by atoms with E-state index in [1.54, 1.807) is 48.5 Å². The Morgan fingerprint density at radius 1 is 1.10 bits per heavy atom. The number of sulfonamides is 1. The molecule has 3 rings (SSSR count). The zero-order valence-corrected chi connectivity index (χ0v) is 18.6. The summed E-state index contributed by atoms with van der Waals surface area (Å²) in [6, 6.07) is 15.5. The predicted molar refractivity (Wildman–Crippen MR) is 120 cm³/mol. The van der Waals surface area contributed by atoms with Gasteiger partial charge in [-0.25, -0.2) is 8.42 Å². The third-order valence-corrected chi connectivity index (χ3v) is 7.14. The molecule has 0 unspecified atom stereocenters. The van der Waals surface area contributed by atoms with Crippen LogP contribution in [-0.4, -0.2) is 51.3 Å². The van der Waals surface area contributed by atoms with Crippen LogP contribution in [0.3, 0.4) is 0 Å². The van der Waals surface area contributed by atoms with Gasteiger partial charge in [0.05, 0.1) is 10.6 Å². The Morgan fingerprint density at radius 3 is 2.45 bits per heavy atom. The summed E-state index contributed by atoms with van der Waals surface area (Å²) in [6.45, 7) is 3.82.